The predicted octanol–water partition coefficient (Wildman–Crippen LogP) is 4.50. The van der Waals surface area contributed by atoms with Gasteiger partial charge in [-0.05, 0) is 30.3 Å². The highest BCUT2D eigenvalue weighted by atomic mass is 19.1. The topological polar surface area (TPSA) is 71.4 Å². The number of fused-ring (bicyclic) bond motifs is 1. The number of hydrogen-bond acceptors (Lipinski definition) is 3. The highest BCUT2D eigenvalue weighted by Crippen LogP contribution is 2.27. The molecular formula is C26H18FN3O3. The van der Waals surface area contributed by atoms with E-state index < -0.39 is 17.8 Å². The van der Waals surface area contributed by atoms with Gasteiger partial charge in [-0.25, -0.2) is 14.1 Å². The Bertz CT molecular complexity index is 1440. The smallest absolute Gasteiger partial charge is 0.335 e. The number of aromatic nitrogens is 1. The van der Waals surface area contributed by atoms with E-state index >= 15 is 0 Å². The fourth-order valence-corrected chi connectivity index (χ4v) is 3.96. The molecule has 0 bridgehead atoms. The standard InChI is InChI=1S/C26H18FN3O3/c27-22-12-6-4-8-17(22)15-29-16-18(20-11-5-7-13-23(20)29)14-21-24(31)28-26(33)30(25(21)32)19-9-2-1-3-10-19/h1-14,16H,15H2,(H,28,31,33). The van der Waals surface area contributed by atoms with Crippen molar-refractivity contribution in [2.45, 2.75) is 6.54 Å². The fourth-order valence-electron chi connectivity index (χ4n) is 3.96. The summed E-state index contributed by atoms with van der Waals surface area (Å²) in [6, 6.07) is 21.6. The minimum atomic E-state index is -0.796. The number of carbonyl (C=O) groups excluding carboxylic acids is 3. The number of carbonyl (C=O) groups is 3. The van der Waals surface area contributed by atoms with Crippen molar-refractivity contribution in [3.63, 3.8) is 0 Å². The molecule has 5 rings (SSSR count). The summed E-state index contributed by atoms with van der Waals surface area (Å²) in [6.45, 7) is 0.283. The first kappa shape index (κ1) is 20.4. The van der Waals surface area contributed by atoms with Crippen LogP contribution in [-0.4, -0.2) is 22.4 Å². The molecular weight excluding hydrogens is 421 g/mol. The Labute approximate surface area is 188 Å². The molecule has 4 aromatic rings. The lowest BCUT2D eigenvalue weighted by Gasteiger charge is -2.26. The van der Waals surface area contributed by atoms with Gasteiger partial charge in [0.2, 0.25) is 0 Å². The third-order valence-electron chi connectivity index (χ3n) is 5.53. The van der Waals surface area contributed by atoms with Crippen molar-refractivity contribution >= 4 is 40.5 Å². The number of barbiturate groups is 1. The number of amides is 4. The van der Waals surface area contributed by atoms with E-state index in [1.54, 1.807) is 54.7 Å². The maximum atomic E-state index is 14.2. The number of urea groups is 1. The van der Waals surface area contributed by atoms with Crippen LogP contribution in [0.5, 0.6) is 0 Å². The molecule has 1 aliphatic heterocycles. The van der Waals surface area contributed by atoms with Crippen molar-refractivity contribution in [3.05, 3.63) is 108 Å². The lowest BCUT2D eigenvalue weighted by atomic mass is 10.1. The normalized spacial score (nSPS) is 15.4. The Hall–Kier alpha value is -4.52. The summed E-state index contributed by atoms with van der Waals surface area (Å²) < 4.78 is 16.1. The molecule has 0 aliphatic carbocycles. The minimum Gasteiger partial charge on any atom is -0.342 e. The largest absolute Gasteiger partial charge is 0.342 e. The lowest BCUT2D eigenvalue weighted by molar-refractivity contribution is -0.122. The van der Waals surface area contributed by atoms with E-state index in [9.17, 15) is 18.8 Å². The van der Waals surface area contributed by atoms with E-state index in [2.05, 4.69) is 5.32 Å². The average Bonchev–Trinajstić information content (AvgIpc) is 3.16. The Kier molecular flexibility index (Phi) is 5.06. The molecule has 3 aromatic carbocycles. The molecule has 0 unspecified atom stereocenters. The molecule has 2 heterocycles. The number of imide groups is 2. The van der Waals surface area contributed by atoms with Crippen LogP contribution in [0.3, 0.4) is 0 Å². The first-order chi connectivity index (χ1) is 16.0. The lowest BCUT2D eigenvalue weighted by Crippen LogP contribution is -2.54. The van der Waals surface area contributed by atoms with Crippen LogP contribution >= 0.6 is 0 Å². The number of para-hydroxylation sites is 2. The van der Waals surface area contributed by atoms with E-state index in [0.29, 0.717) is 16.8 Å². The van der Waals surface area contributed by atoms with E-state index in [-0.39, 0.29) is 17.9 Å². The van der Waals surface area contributed by atoms with Crippen LogP contribution in [0.15, 0.2) is 90.6 Å². The van der Waals surface area contributed by atoms with Crippen LogP contribution in [-0.2, 0) is 16.1 Å². The summed E-state index contributed by atoms with van der Waals surface area (Å²) >= 11 is 0. The highest BCUT2D eigenvalue weighted by molar-refractivity contribution is 6.39. The summed E-state index contributed by atoms with van der Waals surface area (Å²) in [5, 5.41) is 3.03. The van der Waals surface area contributed by atoms with Gasteiger partial charge in [-0.15, -0.1) is 0 Å². The second-order valence-electron chi connectivity index (χ2n) is 7.61. The zero-order valence-corrected chi connectivity index (χ0v) is 17.4. The van der Waals surface area contributed by atoms with Crippen LogP contribution in [0, 0.1) is 5.82 Å². The van der Waals surface area contributed by atoms with E-state index in [1.807, 2.05) is 28.8 Å². The molecule has 6 nitrogen and oxygen atoms in total. The summed E-state index contributed by atoms with van der Waals surface area (Å²) in [7, 11) is 0. The van der Waals surface area contributed by atoms with E-state index in [1.165, 1.54) is 12.1 Å². The summed E-state index contributed by atoms with van der Waals surface area (Å²) in [5.41, 5.74) is 2.16. The second kappa shape index (κ2) is 8.20. The molecule has 33 heavy (non-hydrogen) atoms. The van der Waals surface area contributed by atoms with Gasteiger partial charge in [0.1, 0.15) is 11.4 Å². The average molecular weight is 439 g/mol. The van der Waals surface area contributed by atoms with Crippen LogP contribution in [0.4, 0.5) is 14.9 Å². The van der Waals surface area contributed by atoms with Gasteiger partial charge in [-0.3, -0.25) is 14.9 Å². The molecule has 0 atom stereocenters. The van der Waals surface area contributed by atoms with Crippen molar-refractivity contribution in [2.24, 2.45) is 0 Å². The van der Waals surface area contributed by atoms with Crippen LogP contribution < -0.4 is 10.2 Å². The molecule has 1 aromatic heterocycles. The van der Waals surface area contributed by atoms with Gasteiger partial charge in [0.25, 0.3) is 11.8 Å². The second-order valence-corrected chi connectivity index (χ2v) is 7.61. The Morgan fingerprint density at radius 2 is 1.55 bits per heavy atom. The molecule has 0 radical (unpaired) electrons. The van der Waals surface area contributed by atoms with Gasteiger partial charge in [0.15, 0.2) is 0 Å². The van der Waals surface area contributed by atoms with Crippen molar-refractivity contribution in [1.82, 2.24) is 9.88 Å². The van der Waals surface area contributed by atoms with Gasteiger partial charge in [0.05, 0.1) is 12.2 Å². The highest BCUT2D eigenvalue weighted by Gasteiger charge is 2.36. The third kappa shape index (κ3) is 3.70. The maximum absolute atomic E-state index is 14.2. The number of hydrogen-bond donors (Lipinski definition) is 1. The predicted molar refractivity (Wildman–Crippen MR) is 123 cm³/mol. The number of nitrogens with zero attached hydrogens (tertiary/aromatic N) is 2. The van der Waals surface area contributed by atoms with Gasteiger partial charge >= 0.3 is 6.03 Å². The number of nitrogens with one attached hydrogen (secondary N) is 1. The zero-order chi connectivity index (χ0) is 22.9. The number of rotatable bonds is 4. The number of benzene rings is 3. The molecule has 1 N–H and O–H groups in total. The van der Waals surface area contributed by atoms with Gasteiger partial charge < -0.3 is 4.57 Å². The zero-order valence-electron chi connectivity index (χ0n) is 17.4. The maximum Gasteiger partial charge on any atom is 0.335 e. The molecule has 162 valence electrons. The molecule has 4 amide bonds. The van der Waals surface area contributed by atoms with Gasteiger partial charge in [-0.2, -0.15) is 0 Å². The van der Waals surface area contributed by atoms with Crippen molar-refractivity contribution in [1.29, 1.82) is 0 Å². The third-order valence-corrected chi connectivity index (χ3v) is 5.53. The van der Waals surface area contributed by atoms with Crippen LogP contribution in [0.2, 0.25) is 0 Å². The summed E-state index contributed by atoms with van der Waals surface area (Å²) in [6.07, 6.45) is 3.24. The first-order valence-electron chi connectivity index (χ1n) is 10.3. The molecule has 0 saturated carbocycles. The monoisotopic (exact) mass is 439 g/mol. The van der Waals surface area contributed by atoms with Gasteiger partial charge in [0, 0.05) is 28.2 Å². The van der Waals surface area contributed by atoms with Crippen molar-refractivity contribution < 1.29 is 18.8 Å². The van der Waals surface area contributed by atoms with Gasteiger partial charge in [-0.1, -0.05) is 54.6 Å². The molecule has 7 heteroatoms. The van der Waals surface area contributed by atoms with Crippen LogP contribution in [0.1, 0.15) is 11.1 Å². The molecule has 1 aliphatic rings. The van der Waals surface area contributed by atoms with E-state index in [4.69, 9.17) is 0 Å². The SMILES string of the molecule is O=C1NC(=O)N(c2ccccc2)C(=O)C1=Cc1cn(Cc2ccccc2F)c2ccccc12. The number of anilines is 1. The van der Waals surface area contributed by atoms with Crippen LogP contribution in [0.25, 0.3) is 17.0 Å². The fraction of sp³-hybridized carbons (Fsp3) is 0.0385. The van der Waals surface area contributed by atoms with E-state index in [0.717, 1.165) is 15.8 Å². The Morgan fingerprint density at radius 1 is 0.848 bits per heavy atom. The first-order valence-corrected chi connectivity index (χ1v) is 10.3. The molecule has 1 saturated heterocycles. The summed E-state index contributed by atoms with van der Waals surface area (Å²) in [5.74, 6) is -1.78. The quantitative estimate of drug-likeness (QED) is 0.376. The Balaban J connectivity index is 1.58. The Morgan fingerprint density at radius 3 is 2.33 bits per heavy atom. The summed E-state index contributed by atoms with van der Waals surface area (Å²) in [4.78, 5) is 39.0. The minimum absolute atomic E-state index is 0.160. The van der Waals surface area contributed by atoms with Crippen molar-refractivity contribution in [3.8, 4) is 0 Å². The molecule has 1 fully saturated rings. The van der Waals surface area contributed by atoms with Crippen molar-refractivity contribution in [2.75, 3.05) is 4.90 Å². The number of halogens is 1. The molecule has 0 spiro atoms.